The molecule has 0 aliphatic rings. The third-order valence-corrected chi connectivity index (χ3v) is 2.11. The zero-order valence-corrected chi connectivity index (χ0v) is 11.3. The van der Waals surface area contributed by atoms with Crippen molar-refractivity contribution in [3.63, 3.8) is 0 Å². The minimum absolute atomic E-state index is 0.618. The Kier molecular flexibility index (Phi) is 5.30. The normalized spacial score (nSPS) is 13.0. The smallest absolute Gasteiger partial charge is 0.429 e. The number of allylic oxidation sites excluding steroid dienone is 1. The lowest BCUT2D eigenvalue weighted by atomic mass is 10.1. The average molecular weight is 262 g/mol. The molecule has 19 heavy (non-hydrogen) atoms. The summed E-state index contributed by atoms with van der Waals surface area (Å²) < 4.78 is 10.3. The molecule has 102 valence electrons. The molecule has 0 saturated carbocycles. The Morgan fingerprint density at radius 2 is 1.84 bits per heavy atom. The van der Waals surface area contributed by atoms with Crippen LogP contribution in [-0.4, -0.2) is 18.0 Å². The molecule has 0 aromatic heterocycles. The van der Waals surface area contributed by atoms with Gasteiger partial charge in [-0.15, -0.1) is 0 Å². The van der Waals surface area contributed by atoms with Gasteiger partial charge >= 0.3 is 6.16 Å². The highest BCUT2D eigenvalue weighted by molar-refractivity contribution is 5.65. The van der Waals surface area contributed by atoms with Crippen LogP contribution in [0.15, 0.2) is 42.5 Å². The van der Waals surface area contributed by atoms with E-state index in [-0.39, 0.29) is 0 Å². The monoisotopic (exact) mass is 262 g/mol. The van der Waals surface area contributed by atoms with Crippen molar-refractivity contribution in [3.05, 3.63) is 48.0 Å². The van der Waals surface area contributed by atoms with Crippen molar-refractivity contribution in [1.82, 2.24) is 0 Å². The van der Waals surface area contributed by atoms with Gasteiger partial charge < -0.3 is 9.47 Å². The fraction of sp³-hybridized carbons (Fsp3) is 0.333. The number of ether oxygens (including phenoxy) is 2. The van der Waals surface area contributed by atoms with Crippen LogP contribution in [0, 0.1) is 0 Å². The Bertz CT molecular complexity index is 443. The zero-order chi connectivity index (χ0) is 14.3. The van der Waals surface area contributed by atoms with Crippen molar-refractivity contribution >= 4 is 12.4 Å². The molecular weight excluding hydrogens is 244 g/mol. The summed E-state index contributed by atoms with van der Waals surface area (Å²) in [6.45, 7) is 5.27. The van der Waals surface area contributed by atoms with Crippen LogP contribution in [0.1, 0.15) is 32.4 Å². The first kappa shape index (κ1) is 15.0. The molecule has 4 nitrogen and oxygen atoms in total. The first-order valence-corrected chi connectivity index (χ1v) is 5.99. The third kappa shape index (κ3) is 5.86. The highest BCUT2D eigenvalue weighted by atomic mass is 16.7. The summed E-state index contributed by atoms with van der Waals surface area (Å²) in [6.07, 6.45) is 2.03. The van der Waals surface area contributed by atoms with E-state index < -0.39 is 17.9 Å². The van der Waals surface area contributed by atoms with E-state index in [1.807, 2.05) is 30.3 Å². The summed E-state index contributed by atoms with van der Waals surface area (Å²) in [5.74, 6) is 0. The lowest BCUT2D eigenvalue weighted by Gasteiger charge is -2.21. The number of hydrogen-bond acceptors (Lipinski definition) is 4. The van der Waals surface area contributed by atoms with Crippen LogP contribution < -0.4 is 0 Å². The van der Waals surface area contributed by atoms with Gasteiger partial charge in [0.05, 0.1) is 0 Å². The van der Waals surface area contributed by atoms with E-state index in [2.05, 4.69) is 0 Å². The molecule has 0 heterocycles. The second-order valence-corrected chi connectivity index (χ2v) is 4.93. The summed E-state index contributed by atoms with van der Waals surface area (Å²) in [4.78, 5) is 22.0. The average Bonchev–Trinajstić information content (AvgIpc) is 2.33. The zero-order valence-electron chi connectivity index (χ0n) is 11.3. The maximum Gasteiger partial charge on any atom is 0.509 e. The molecule has 0 amide bonds. The Morgan fingerprint density at radius 1 is 1.21 bits per heavy atom. The van der Waals surface area contributed by atoms with Gasteiger partial charge in [-0.3, -0.25) is 4.79 Å². The topological polar surface area (TPSA) is 52.6 Å². The molecular formula is C15H18O4. The van der Waals surface area contributed by atoms with Crippen molar-refractivity contribution in [2.45, 2.75) is 32.5 Å². The van der Waals surface area contributed by atoms with Crippen molar-refractivity contribution in [3.8, 4) is 0 Å². The first-order chi connectivity index (χ1) is 8.92. The molecule has 1 aromatic rings. The van der Waals surface area contributed by atoms with Gasteiger partial charge in [0.2, 0.25) is 0 Å². The van der Waals surface area contributed by atoms with Crippen LogP contribution in [0.25, 0.3) is 0 Å². The van der Waals surface area contributed by atoms with Crippen LogP contribution in [0.3, 0.4) is 0 Å². The number of aldehydes is 1. The Labute approximate surface area is 113 Å². The molecule has 0 spiro atoms. The van der Waals surface area contributed by atoms with E-state index in [0.717, 1.165) is 5.56 Å². The Balaban J connectivity index is 2.79. The van der Waals surface area contributed by atoms with Gasteiger partial charge in [0, 0.05) is 0 Å². The van der Waals surface area contributed by atoms with E-state index in [1.165, 1.54) is 12.2 Å². The van der Waals surface area contributed by atoms with Crippen LogP contribution in [0.2, 0.25) is 0 Å². The van der Waals surface area contributed by atoms with E-state index in [9.17, 15) is 9.59 Å². The van der Waals surface area contributed by atoms with Gasteiger partial charge in [-0.25, -0.2) is 4.79 Å². The van der Waals surface area contributed by atoms with Gasteiger partial charge in [0.1, 0.15) is 18.0 Å². The van der Waals surface area contributed by atoms with Crippen LogP contribution in [-0.2, 0) is 14.3 Å². The number of carbonyl (C=O) groups is 2. The van der Waals surface area contributed by atoms with E-state index in [0.29, 0.717) is 6.29 Å². The van der Waals surface area contributed by atoms with E-state index >= 15 is 0 Å². The Hall–Kier alpha value is -2.10. The van der Waals surface area contributed by atoms with E-state index in [1.54, 1.807) is 20.8 Å². The SMILES string of the molecule is CC(C)(C)OC(=O)OC(/C=C/C=O)c1ccccc1. The number of carbonyl (C=O) groups excluding carboxylic acids is 2. The first-order valence-electron chi connectivity index (χ1n) is 5.99. The fourth-order valence-electron chi connectivity index (χ4n) is 1.39. The maximum absolute atomic E-state index is 11.6. The summed E-state index contributed by atoms with van der Waals surface area (Å²) in [6, 6.07) is 9.14. The van der Waals surface area contributed by atoms with Gasteiger partial charge in [0.15, 0.2) is 0 Å². The largest absolute Gasteiger partial charge is 0.509 e. The summed E-state index contributed by atoms with van der Waals surface area (Å²) in [5.41, 5.74) is 0.152. The Morgan fingerprint density at radius 3 is 2.37 bits per heavy atom. The molecule has 0 fully saturated rings. The van der Waals surface area contributed by atoms with Crippen LogP contribution >= 0.6 is 0 Å². The van der Waals surface area contributed by atoms with Crippen molar-refractivity contribution < 1.29 is 19.1 Å². The molecule has 0 aliphatic carbocycles. The number of benzene rings is 1. The molecule has 4 heteroatoms. The predicted octanol–water partition coefficient (Wildman–Crippen LogP) is 3.43. The van der Waals surface area contributed by atoms with Gasteiger partial charge in [-0.2, -0.15) is 0 Å². The number of hydrogen-bond donors (Lipinski definition) is 0. The molecule has 0 N–H and O–H groups in total. The molecule has 0 bridgehead atoms. The minimum atomic E-state index is -0.767. The maximum atomic E-state index is 11.6. The van der Waals surface area contributed by atoms with Crippen LogP contribution in [0.4, 0.5) is 4.79 Å². The minimum Gasteiger partial charge on any atom is -0.429 e. The lowest BCUT2D eigenvalue weighted by molar-refractivity contribution is -0.104. The van der Waals surface area contributed by atoms with Crippen molar-refractivity contribution in [1.29, 1.82) is 0 Å². The molecule has 1 atom stereocenters. The van der Waals surface area contributed by atoms with Crippen LogP contribution in [0.5, 0.6) is 0 Å². The fourth-order valence-corrected chi connectivity index (χ4v) is 1.39. The van der Waals surface area contributed by atoms with Gasteiger partial charge in [-0.05, 0) is 38.5 Å². The van der Waals surface area contributed by atoms with E-state index in [4.69, 9.17) is 9.47 Å². The predicted molar refractivity (Wildman–Crippen MR) is 71.7 cm³/mol. The highest BCUT2D eigenvalue weighted by Crippen LogP contribution is 2.20. The third-order valence-electron chi connectivity index (χ3n) is 2.11. The lowest BCUT2D eigenvalue weighted by Crippen LogP contribution is -2.25. The summed E-state index contributed by atoms with van der Waals surface area (Å²) >= 11 is 0. The number of rotatable bonds is 4. The molecule has 0 aliphatic heterocycles. The molecule has 1 aromatic carbocycles. The molecule has 1 rings (SSSR count). The second kappa shape index (κ2) is 6.73. The molecule has 0 saturated heterocycles. The van der Waals surface area contributed by atoms with Gasteiger partial charge in [0.25, 0.3) is 0 Å². The van der Waals surface area contributed by atoms with Gasteiger partial charge in [-0.1, -0.05) is 30.3 Å². The van der Waals surface area contributed by atoms with Crippen molar-refractivity contribution in [2.75, 3.05) is 0 Å². The molecule has 0 radical (unpaired) electrons. The van der Waals surface area contributed by atoms with Crippen molar-refractivity contribution in [2.24, 2.45) is 0 Å². The standard InChI is InChI=1S/C15H18O4/c1-15(2,3)19-14(17)18-13(10-7-11-16)12-8-5-4-6-9-12/h4-11,13H,1-3H3/b10-7+. The second-order valence-electron chi connectivity index (χ2n) is 4.93. The molecule has 1 unspecified atom stereocenters. The highest BCUT2D eigenvalue weighted by Gasteiger charge is 2.21. The summed E-state index contributed by atoms with van der Waals surface area (Å²) in [5, 5.41) is 0. The quantitative estimate of drug-likeness (QED) is 0.474. The summed E-state index contributed by atoms with van der Waals surface area (Å²) in [7, 11) is 0.